The van der Waals surface area contributed by atoms with Gasteiger partial charge in [0.1, 0.15) is 6.54 Å². The molecule has 0 radical (unpaired) electrons. The number of anilines is 1. The predicted molar refractivity (Wildman–Crippen MR) is 92.9 cm³/mol. The van der Waals surface area contributed by atoms with E-state index in [1.807, 2.05) is 0 Å². The van der Waals surface area contributed by atoms with Gasteiger partial charge in [-0.2, -0.15) is 0 Å². The number of nitrogens with zero attached hydrogens (tertiary/aromatic N) is 2. The van der Waals surface area contributed by atoms with Gasteiger partial charge in [-0.15, -0.1) is 0 Å². The predicted octanol–water partition coefficient (Wildman–Crippen LogP) is 0.846. The smallest absolute Gasteiger partial charge is 0.270 e. The lowest BCUT2D eigenvalue weighted by atomic mass is 10.1. The van der Waals surface area contributed by atoms with Gasteiger partial charge < -0.3 is 15.2 Å². The van der Waals surface area contributed by atoms with Crippen molar-refractivity contribution in [3.05, 3.63) is 68.2 Å². The molecule has 0 bridgehead atoms. The van der Waals surface area contributed by atoms with Crippen LogP contribution in [0, 0.1) is 10.1 Å². The van der Waals surface area contributed by atoms with Crippen LogP contribution in [-0.4, -0.2) is 40.1 Å². The minimum Gasteiger partial charge on any atom is -0.545 e. The summed E-state index contributed by atoms with van der Waals surface area (Å²) in [6, 6.07) is 6.77. The van der Waals surface area contributed by atoms with Crippen LogP contribution in [0.4, 0.5) is 11.4 Å². The topological polar surface area (TPSA) is 150 Å². The average molecular weight is 403 g/mol. The van der Waals surface area contributed by atoms with Gasteiger partial charge in [0, 0.05) is 22.7 Å². The van der Waals surface area contributed by atoms with E-state index in [1.54, 1.807) is 0 Å². The van der Waals surface area contributed by atoms with Crippen LogP contribution < -0.4 is 10.4 Å². The summed E-state index contributed by atoms with van der Waals surface area (Å²) in [5.74, 6) is -4.09. The van der Waals surface area contributed by atoms with Crippen LogP contribution in [0.15, 0.2) is 36.4 Å². The number of nitrogens with one attached hydrogen (secondary N) is 1. The number of imide groups is 1. The minimum atomic E-state index is -1.56. The molecule has 142 valence electrons. The van der Waals surface area contributed by atoms with E-state index >= 15 is 0 Å². The van der Waals surface area contributed by atoms with Crippen LogP contribution in [0.5, 0.6) is 0 Å². The fraction of sp³-hybridized carbons (Fsp3) is 0.0588. The average Bonchev–Trinajstić information content (AvgIpc) is 2.86. The number of carboxylic acid groups (broad SMARTS) is 1. The van der Waals surface area contributed by atoms with Crippen molar-refractivity contribution in [2.24, 2.45) is 0 Å². The number of carboxylic acids is 1. The molecule has 0 unspecified atom stereocenters. The molecule has 0 saturated carbocycles. The van der Waals surface area contributed by atoms with Crippen molar-refractivity contribution >= 4 is 46.7 Å². The van der Waals surface area contributed by atoms with Gasteiger partial charge in [-0.1, -0.05) is 11.6 Å². The highest BCUT2D eigenvalue weighted by Crippen LogP contribution is 2.27. The number of fused-ring (bicyclic) bond motifs is 1. The van der Waals surface area contributed by atoms with E-state index in [0.29, 0.717) is 4.90 Å². The molecule has 0 aliphatic carbocycles. The largest absolute Gasteiger partial charge is 0.545 e. The quantitative estimate of drug-likeness (QED) is 0.442. The zero-order chi connectivity index (χ0) is 20.6. The molecular formula is C17H9ClN3O7-. The molecule has 1 aliphatic rings. The number of benzene rings is 2. The van der Waals surface area contributed by atoms with Crippen molar-refractivity contribution < 1.29 is 29.2 Å². The Labute approximate surface area is 161 Å². The Morgan fingerprint density at radius 3 is 2.39 bits per heavy atom. The van der Waals surface area contributed by atoms with Crippen molar-refractivity contribution in [1.29, 1.82) is 0 Å². The van der Waals surface area contributed by atoms with Gasteiger partial charge in [0.15, 0.2) is 0 Å². The lowest BCUT2D eigenvalue weighted by Gasteiger charge is -2.16. The Morgan fingerprint density at radius 2 is 1.75 bits per heavy atom. The van der Waals surface area contributed by atoms with Crippen molar-refractivity contribution in [2.45, 2.75) is 0 Å². The molecule has 0 saturated heterocycles. The third-order valence-electron chi connectivity index (χ3n) is 3.94. The maximum absolute atomic E-state index is 12.4. The van der Waals surface area contributed by atoms with Gasteiger partial charge in [-0.3, -0.25) is 29.4 Å². The number of carbonyl (C=O) groups excluding carboxylic acids is 4. The number of nitro benzene ring substituents is 1. The number of hydrogen-bond donors (Lipinski definition) is 1. The SMILES string of the molecule is O=C(CN1C(=O)c2ccc([N+](=O)[O-])cc2C1=O)Nc1cc(Cl)ccc1C(=O)[O-]. The molecule has 1 aliphatic heterocycles. The lowest BCUT2D eigenvalue weighted by Crippen LogP contribution is -2.37. The number of hydrogen-bond acceptors (Lipinski definition) is 7. The molecule has 0 fully saturated rings. The number of rotatable bonds is 5. The molecule has 10 nitrogen and oxygen atoms in total. The minimum absolute atomic E-state index is 0.0680. The van der Waals surface area contributed by atoms with Crippen molar-refractivity contribution in [3.8, 4) is 0 Å². The first-order valence-electron chi connectivity index (χ1n) is 7.64. The molecule has 1 N–H and O–H groups in total. The van der Waals surface area contributed by atoms with Crippen LogP contribution in [0.2, 0.25) is 5.02 Å². The highest BCUT2D eigenvalue weighted by Gasteiger charge is 2.37. The van der Waals surface area contributed by atoms with Gasteiger partial charge >= 0.3 is 0 Å². The number of non-ortho nitro benzene ring substituents is 1. The Hall–Kier alpha value is -3.79. The van der Waals surface area contributed by atoms with E-state index in [2.05, 4.69) is 5.32 Å². The molecule has 0 aromatic heterocycles. The molecule has 0 spiro atoms. The van der Waals surface area contributed by atoms with Crippen molar-refractivity contribution in [1.82, 2.24) is 4.90 Å². The fourth-order valence-electron chi connectivity index (χ4n) is 2.67. The summed E-state index contributed by atoms with van der Waals surface area (Å²) in [7, 11) is 0. The number of nitro groups is 1. The number of carbonyl (C=O) groups is 4. The van der Waals surface area contributed by atoms with Gasteiger partial charge in [0.25, 0.3) is 17.5 Å². The Morgan fingerprint density at radius 1 is 1.07 bits per heavy atom. The monoisotopic (exact) mass is 402 g/mol. The molecule has 3 amide bonds. The summed E-state index contributed by atoms with van der Waals surface area (Å²) in [6.45, 7) is -0.723. The molecule has 28 heavy (non-hydrogen) atoms. The second-order valence-corrected chi connectivity index (χ2v) is 6.15. The number of halogens is 1. The summed E-state index contributed by atoms with van der Waals surface area (Å²) in [6.07, 6.45) is 0. The highest BCUT2D eigenvalue weighted by atomic mass is 35.5. The second kappa shape index (κ2) is 7.08. The Kier molecular flexibility index (Phi) is 4.80. The Balaban J connectivity index is 1.81. The molecule has 2 aromatic carbocycles. The van der Waals surface area contributed by atoms with Gasteiger partial charge in [0.05, 0.1) is 27.7 Å². The Bertz CT molecular complexity index is 1070. The molecule has 0 atom stereocenters. The van der Waals surface area contributed by atoms with Gasteiger partial charge in [0.2, 0.25) is 5.91 Å². The maximum Gasteiger partial charge on any atom is 0.270 e. The highest BCUT2D eigenvalue weighted by molar-refractivity contribution is 6.31. The summed E-state index contributed by atoms with van der Waals surface area (Å²) >= 11 is 5.78. The summed E-state index contributed by atoms with van der Waals surface area (Å²) in [5, 5.41) is 24.4. The summed E-state index contributed by atoms with van der Waals surface area (Å²) in [4.78, 5) is 58.8. The van der Waals surface area contributed by atoms with Crippen molar-refractivity contribution in [3.63, 3.8) is 0 Å². The number of aromatic carboxylic acids is 1. The third kappa shape index (κ3) is 3.40. The second-order valence-electron chi connectivity index (χ2n) is 5.71. The number of amides is 3. The first kappa shape index (κ1) is 19.0. The summed E-state index contributed by atoms with van der Waals surface area (Å²) in [5.41, 5.74) is -1.13. The normalized spacial score (nSPS) is 12.7. The standard InChI is InChI=1S/C17H10ClN3O7/c18-8-1-3-11(17(25)26)13(5-8)19-14(22)7-20-15(23)10-4-2-9(21(27)28)6-12(10)16(20)24/h1-6H,7H2,(H,19,22)(H,25,26)/p-1. The van der Waals surface area contributed by atoms with E-state index in [9.17, 15) is 34.4 Å². The van der Waals surface area contributed by atoms with Crippen molar-refractivity contribution in [2.75, 3.05) is 11.9 Å². The first-order chi connectivity index (χ1) is 13.2. The fourth-order valence-corrected chi connectivity index (χ4v) is 2.84. The molecular weight excluding hydrogens is 394 g/mol. The van der Waals surface area contributed by atoms with Gasteiger partial charge in [-0.05, 0) is 24.3 Å². The summed E-state index contributed by atoms with van der Waals surface area (Å²) < 4.78 is 0. The van der Waals surface area contributed by atoms with E-state index < -0.39 is 35.2 Å². The van der Waals surface area contributed by atoms with Crippen LogP contribution in [-0.2, 0) is 4.79 Å². The molecule has 11 heteroatoms. The van der Waals surface area contributed by atoms with E-state index in [0.717, 1.165) is 24.3 Å². The van der Waals surface area contributed by atoms with E-state index in [4.69, 9.17) is 11.6 Å². The van der Waals surface area contributed by atoms with Crippen LogP contribution in [0.3, 0.4) is 0 Å². The van der Waals surface area contributed by atoms with Crippen LogP contribution in [0.25, 0.3) is 0 Å². The van der Waals surface area contributed by atoms with E-state index in [-0.39, 0.29) is 33.1 Å². The van der Waals surface area contributed by atoms with Gasteiger partial charge in [-0.25, -0.2) is 0 Å². The maximum atomic E-state index is 12.4. The third-order valence-corrected chi connectivity index (χ3v) is 4.18. The van der Waals surface area contributed by atoms with Crippen LogP contribution in [0.1, 0.15) is 31.1 Å². The molecule has 1 heterocycles. The zero-order valence-electron chi connectivity index (χ0n) is 13.8. The van der Waals surface area contributed by atoms with Crippen LogP contribution >= 0.6 is 11.6 Å². The zero-order valence-corrected chi connectivity index (χ0v) is 14.6. The lowest BCUT2D eigenvalue weighted by molar-refractivity contribution is -0.384. The molecule has 2 aromatic rings. The van der Waals surface area contributed by atoms with E-state index in [1.165, 1.54) is 12.1 Å². The first-order valence-corrected chi connectivity index (χ1v) is 8.02. The molecule has 3 rings (SSSR count).